The zero-order chi connectivity index (χ0) is 14.5. The molecule has 108 valence electrons. The van der Waals surface area contributed by atoms with Gasteiger partial charge in [-0.25, -0.2) is 0 Å². The number of hydrogen-bond donors (Lipinski definition) is 1. The van der Waals surface area contributed by atoms with Crippen LogP contribution in [0.15, 0.2) is 36.5 Å². The van der Waals surface area contributed by atoms with Gasteiger partial charge in [-0.2, -0.15) is 13.9 Å². The van der Waals surface area contributed by atoms with Crippen molar-refractivity contribution >= 4 is 0 Å². The van der Waals surface area contributed by atoms with E-state index in [0.717, 1.165) is 11.3 Å². The van der Waals surface area contributed by atoms with Gasteiger partial charge in [-0.1, -0.05) is 12.1 Å². The maximum atomic E-state index is 12.2. The van der Waals surface area contributed by atoms with E-state index in [0.29, 0.717) is 6.42 Å². The molecule has 1 unspecified atom stereocenters. The third kappa shape index (κ3) is 3.77. The quantitative estimate of drug-likeness (QED) is 0.884. The molecule has 6 heteroatoms. The number of rotatable bonds is 6. The maximum Gasteiger partial charge on any atom is 0.387 e. The summed E-state index contributed by atoms with van der Waals surface area (Å²) in [5.41, 5.74) is 1.82. The van der Waals surface area contributed by atoms with Gasteiger partial charge in [0.1, 0.15) is 5.75 Å². The Hall–Kier alpha value is -1.95. The molecule has 0 aliphatic heterocycles. The molecule has 2 aromatic rings. The second-order valence-corrected chi connectivity index (χ2v) is 4.48. The Morgan fingerprint density at radius 1 is 1.35 bits per heavy atom. The first kappa shape index (κ1) is 14.5. The summed E-state index contributed by atoms with van der Waals surface area (Å²) in [6, 6.07) is 8.65. The molecule has 0 spiro atoms. The SMILES string of the molecule is CNC(Cc1ccn(C)n1)c1cccc(OC(F)F)c1. The minimum Gasteiger partial charge on any atom is -0.435 e. The highest BCUT2D eigenvalue weighted by molar-refractivity contribution is 5.31. The van der Waals surface area contributed by atoms with Crippen LogP contribution in [0.5, 0.6) is 5.75 Å². The Kier molecular flexibility index (Phi) is 4.68. The van der Waals surface area contributed by atoms with E-state index in [1.54, 1.807) is 16.8 Å². The summed E-state index contributed by atoms with van der Waals surface area (Å²) in [5, 5.41) is 7.48. The summed E-state index contributed by atoms with van der Waals surface area (Å²) < 4.78 is 30.6. The summed E-state index contributed by atoms with van der Waals surface area (Å²) in [7, 11) is 3.68. The number of ether oxygens (including phenoxy) is 1. The Morgan fingerprint density at radius 3 is 2.75 bits per heavy atom. The van der Waals surface area contributed by atoms with Crippen molar-refractivity contribution in [1.29, 1.82) is 0 Å². The third-order valence-electron chi connectivity index (χ3n) is 3.02. The predicted octanol–water partition coefficient (Wildman–Crippen LogP) is 2.52. The molecular weight excluding hydrogens is 264 g/mol. The summed E-state index contributed by atoms with van der Waals surface area (Å²) >= 11 is 0. The lowest BCUT2D eigenvalue weighted by Gasteiger charge is -2.16. The van der Waals surface area contributed by atoms with Crippen LogP contribution in [-0.2, 0) is 13.5 Å². The third-order valence-corrected chi connectivity index (χ3v) is 3.02. The minimum atomic E-state index is -2.81. The van der Waals surface area contributed by atoms with Gasteiger partial charge in [0.25, 0.3) is 0 Å². The lowest BCUT2D eigenvalue weighted by molar-refractivity contribution is -0.0499. The van der Waals surface area contributed by atoms with Gasteiger partial charge in [0.05, 0.1) is 5.69 Å². The number of hydrogen-bond acceptors (Lipinski definition) is 3. The summed E-state index contributed by atoms with van der Waals surface area (Å²) in [5.74, 6) is 0.166. The largest absolute Gasteiger partial charge is 0.435 e. The number of halogens is 2. The van der Waals surface area contributed by atoms with Gasteiger partial charge in [0.2, 0.25) is 0 Å². The number of aromatic nitrogens is 2. The van der Waals surface area contributed by atoms with Crippen LogP contribution in [0.4, 0.5) is 8.78 Å². The van der Waals surface area contributed by atoms with E-state index >= 15 is 0 Å². The Morgan fingerprint density at radius 2 is 2.15 bits per heavy atom. The Labute approximate surface area is 116 Å². The molecule has 0 bridgehead atoms. The molecule has 0 saturated heterocycles. The normalized spacial score (nSPS) is 12.7. The van der Waals surface area contributed by atoms with Crippen molar-refractivity contribution < 1.29 is 13.5 Å². The first-order chi connectivity index (χ1) is 9.58. The van der Waals surface area contributed by atoms with E-state index in [9.17, 15) is 8.78 Å². The van der Waals surface area contributed by atoms with Gasteiger partial charge in [-0.3, -0.25) is 4.68 Å². The van der Waals surface area contributed by atoms with Crippen LogP contribution < -0.4 is 10.1 Å². The van der Waals surface area contributed by atoms with E-state index in [4.69, 9.17) is 0 Å². The molecule has 0 aliphatic rings. The van der Waals surface area contributed by atoms with Gasteiger partial charge < -0.3 is 10.1 Å². The zero-order valence-electron chi connectivity index (χ0n) is 11.4. The van der Waals surface area contributed by atoms with Crippen molar-refractivity contribution in [3.8, 4) is 5.75 Å². The van der Waals surface area contributed by atoms with Gasteiger partial charge in [-0.05, 0) is 30.8 Å². The van der Waals surface area contributed by atoms with E-state index in [2.05, 4.69) is 15.2 Å². The molecular formula is C14H17F2N3O. The van der Waals surface area contributed by atoms with Gasteiger partial charge in [0.15, 0.2) is 0 Å². The smallest absolute Gasteiger partial charge is 0.387 e. The maximum absolute atomic E-state index is 12.2. The van der Waals surface area contributed by atoms with E-state index in [1.807, 2.05) is 32.4 Å². The molecule has 20 heavy (non-hydrogen) atoms. The van der Waals surface area contributed by atoms with Crippen LogP contribution in [0, 0.1) is 0 Å². The van der Waals surface area contributed by atoms with E-state index < -0.39 is 6.61 Å². The van der Waals surface area contributed by atoms with Crippen LogP contribution in [0.1, 0.15) is 17.3 Å². The van der Waals surface area contributed by atoms with Crippen molar-refractivity contribution in [2.24, 2.45) is 7.05 Å². The highest BCUT2D eigenvalue weighted by Crippen LogP contribution is 2.23. The number of benzene rings is 1. The summed E-state index contributed by atoms with van der Waals surface area (Å²) in [6.45, 7) is -2.81. The first-order valence-corrected chi connectivity index (χ1v) is 6.29. The van der Waals surface area contributed by atoms with Gasteiger partial charge in [-0.15, -0.1) is 0 Å². The molecule has 1 N–H and O–H groups in total. The average Bonchev–Trinajstić information content (AvgIpc) is 2.81. The van der Waals surface area contributed by atoms with Crippen molar-refractivity contribution in [3.05, 3.63) is 47.8 Å². The summed E-state index contributed by atoms with van der Waals surface area (Å²) in [4.78, 5) is 0. The fraction of sp³-hybridized carbons (Fsp3) is 0.357. The van der Waals surface area contributed by atoms with E-state index in [1.165, 1.54) is 6.07 Å². The molecule has 1 aromatic heterocycles. The zero-order valence-corrected chi connectivity index (χ0v) is 11.4. The second kappa shape index (κ2) is 6.47. The molecule has 1 atom stereocenters. The average molecular weight is 281 g/mol. The lowest BCUT2D eigenvalue weighted by Crippen LogP contribution is -2.19. The van der Waals surface area contributed by atoms with Crippen LogP contribution in [0.25, 0.3) is 0 Å². The van der Waals surface area contributed by atoms with Crippen LogP contribution >= 0.6 is 0 Å². The molecule has 0 amide bonds. The van der Waals surface area contributed by atoms with Crippen molar-refractivity contribution in [2.75, 3.05) is 7.05 Å². The molecule has 4 nitrogen and oxygen atoms in total. The van der Waals surface area contributed by atoms with Crippen molar-refractivity contribution in [2.45, 2.75) is 19.1 Å². The summed E-state index contributed by atoms with van der Waals surface area (Å²) in [6.07, 6.45) is 2.55. The molecule has 0 aliphatic carbocycles. The number of nitrogens with one attached hydrogen (secondary N) is 1. The number of nitrogens with zero attached hydrogens (tertiary/aromatic N) is 2. The minimum absolute atomic E-state index is 0.00822. The molecule has 1 aromatic carbocycles. The van der Waals surface area contributed by atoms with Gasteiger partial charge >= 0.3 is 6.61 Å². The molecule has 0 fully saturated rings. The monoisotopic (exact) mass is 281 g/mol. The van der Waals surface area contributed by atoms with Crippen LogP contribution in [0.2, 0.25) is 0 Å². The van der Waals surface area contributed by atoms with Gasteiger partial charge in [0, 0.05) is 25.7 Å². The lowest BCUT2D eigenvalue weighted by atomic mass is 10.0. The van der Waals surface area contributed by atoms with E-state index in [-0.39, 0.29) is 11.8 Å². The molecule has 1 heterocycles. The van der Waals surface area contributed by atoms with Crippen LogP contribution in [0.3, 0.4) is 0 Å². The molecule has 0 saturated carbocycles. The predicted molar refractivity (Wildman–Crippen MR) is 71.8 cm³/mol. The Balaban J connectivity index is 2.14. The second-order valence-electron chi connectivity index (χ2n) is 4.48. The standard InChI is InChI=1S/C14H17F2N3O/c1-17-13(9-11-6-7-19(2)18-11)10-4-3-5-12(8-10)20-14(15)16/h3-8,13-14,17H,9H2,1-2H3. The van der Waals surface area contributed by atoms with Crippen LogP contribution in [-0.4, -0.2) is 23.4 Å². The Bertz CT molecular complexity index is 557. The topological polar surface area (TPSA) is 39.1 Å². The number of alkyl halides is 2. The van der Waals surface area contributed by atoms with Crippen molar-refractivity contribution in [3.63, 3.8) is 0 Å². The molecule has 0 radical (unpaired) electrons. The fourth-order valence-corrected chi connectivity index (χ4v) is 2.08. The number of aryl methyl sites for hydroxylation is 1. The van der Waals surface area contributed by atoms with Crippen molar-refractivity contribution in [1.82, 2.24) is 15.1 Å². The first-order valence-electron chi connectivity index (χ1n) is 6.29. The number of likely N-dealkylation sites (N-methyl/N-ethyl adjacent to an activating group) is 1. The highest BCUT2D eigenvalue weighted by Gasteiger charge is 2.13. The highest BCUT2D eigenvalue weighted by atomic mass is 19.3. The fourth-order valence-electron chi connectivity index (χ4n) is 2.08. The molecule has 2 rings (SSSR count).